The Morgan fingerprint density at radius 3 is 0.957 bits per heavy atom. The van der Waals surface area contributed by atoms with E-state index < -0.39 is 24.2 Å². The van der Waals surface area contributed by atoms with Gasteiger partial charge in [-0.25, -0.2) is 0 Å². The Morgan fingerprint density at radius 1 is 0.391 bits per heavy atom. The molecule has 7 heteroatoms. The summed E-state index contributed by atoms with van der Waals surface area (Å²) in [6.45, 7) is 25.7. The van der Waals surface area contributed by atoms with E-state index in [1.165, 1.54) is 22.3 Å². The van der Waals surface area contributed by atoms with Crippen molar-refractivity contribution in [3.05, 3.63) is 243 Å². The van der Waals surface area contributed by atoms with Crippen molar-refractivity contribution in [2.45, 2.75) is 107 Å². The van der Waals surface area contributed by atoms with Crippen LogP contribution in [0.1, 0.15) is 145 Å². The summed E-state index contributed by atoms with van der Waals surface area (Å²) in [6, 6.07) is 41.1. The van der Waals surface area contributed by atoms with Crippen molar-refractivity contribution < 1.29 is 9.59 Å². The quantitative estimate of drug-likeness (QED) is 0.152. The van der Waals surface area contributed by atoms with E-state index in [1.54, 1.807) is 0 Å². The van der Waals surface area contributed by atoms with Crippen LogP contribution < -0.4 is 0 Å². The molecule has 0 fully saturated rings. The number of amides is 2. The van der Waals surface area contributed by atoms with Crippen LogP contribution in [0.25, 0.3) is 0 Å². The monoisotopic (exact) mass is 972 g/mol. The van der Waals surface area contributed by atoms with Crippen LogP contribution in [0.2, 0.25) is 0 Å². The Morgan fingerprint density at radius 2 is 0.667 bits per heavy atom. The number of amidine groups is 2. The number of hydrogen-bond donors (Lipinski definition) is 0. The summed E-state index contributed by atoms with van der Waals surface area (Å²) in [4.78, 5) is 46.6. The maximum Gasteiger partial charge on any atom is 0.260 e. The van der Waals surface area contributed by atoms with E-state index in [0.717, 1.165) is 77.9 Å². The highest BCUT2D eigenvalue weighted by atomic mass is 79.9. The van der Waals surface area contributed by atoms with E-state index >= 15 is 9.59 Å². The zero-order valence-electron chi connectivity index (χ0n) is 41.9. The summed E-state index contributed by atoms with van der Waals surface area (Å²) < 4.78 is 0.697. The molecule has 2 aliphatic rings. The molecule has 2 heterocycles. The Balaban J connectivity index is 1.33. The van der Waals surface area contributed by atoms with Gasteiger partial charge >= 0.3 is 0 Å². The SMILES string of the molecule is Cc1cc(C)c([C@@H]2N=C(c3cccc(C4=N[C@@H](c5c(C)cc(C)cc5C)[C@H](c5c(C)cc(C)cc5C)N4C(=O)c4ccccc4)c3Br)N(C(=O)c3ccccc3)[C@H]2c2c(C)cc(C)cc2C)c(C)c1. The molecule has 4 atom stereocenters. The molecule has 0 unspecified atom stereocenters. The Hall–Kier alpha value is -6.70. The molecule has 69 heavy (non-hydrogen) atoms. The molecule has 7 aromatic carbocycles. The lowest BCUT2D eigenvalue weighted by atomic mass is 9.83. The minimum Gasteiger partial charge on any atom is -0.282 e. The van der Waals surface area contributed by atoms with Crippen LogP contribution in [0, 0.1) is 83.1 Å². The highest BCUT2D eigenvalue weighted by molar-refractivity contribution is 9.10. The molecule has 0 N–H and O–H groups in total. The van der Waals surface area contributed by atoms with Gasteiger partial charge in [0.15, 0.2) is 0 Å². The van der Waals surface area contributed by atoms with Crippen molar-refractivity contribution in [3.63, 3.8) is 0 Å². The lowest BCUT2D eigenvalue weighted by Gasteiger charge is -2.34. The third kappa shape index (κ3) is 8.49. The molecular weight excluding hydrogens is 913 g/mol. The molecule has 7 aromatic rings. The van der Waals surface area contributed by atoms with E-state index in [0.29, 0.717) is 27.3 Å². The summed E-state index contributed by atoms with van der Waals surface area (Å²) in [5.74, 6) is 0.815. The molecule has 0 spiro atoms. The molecule has 0 bridgehead atoms. The molecule has 348 valence electrons. The van der Waals surface area contributed by atoms with Gasteiger partial charge in [-0.2, -0.15) is 0 Å². The summed E-state index contributed by atoms with van der Waals surface area (Å²) in [7, 11) is 0. The summed E-state index contributed by atoms with van der Waals surface area (Å²) >= 11 is 4.19. The second-order valence-corrected chi connectivity index (χ2v) is 20.5. The van der Waals surface area contributed by atoms with Crippen molar-refractivity contribution in [1.29, 1.82) is 0 Å². The van der Waals surface area contributed by atoms with Crippen LogP contribution in [0.5, 0.6) is 0 Å². The zero-order valence-corrected chi connectivity index (χ0v) is 43.5. The number of halogens is 1. The summed E-state index contributed by atoms with van der Waals surface area (Å²) in [5, 5.41) is 0. The fraction of sp³-hybridized carbons (Fsp3) is 0.258. The molecule has 6 nitrogen and oxygen atoms in total. The number of rotatable bonds is 8. The maximum absolute atomic E-state index is 15.6. The van der Waals surface area contributed by atoms with Crippen LogP contribution in [-0.2, 0) is 0 Å². The number of aryl methyl sites for hydroxylation is 12. The highest BCUT2D eigenvalue weighted by Crippen LogP contribution is 2.51. The standard InChI is InChI=1S/C62H61BrN4O2/c1-34-26-38(5)50(39(6)27-34)55-57(52-42(9)30-36(3)31-43(52)10)66(61(68)46-20-15-13-16-21-46)59(64-55)48-24-19-25-49(54(48)63)60-65-56(51-40(7)28-35(2)29-41(51)8)58(53-44(11)32-37(4)33-45(53)12)67(60)62(69)47-22-17-14-18-23-47/h13-33,55-58H,1-12H3/t55-,56-,57-,58-/m0/s1. The third-order valence-electron chi connectivity index (χ3n) is 14.2. The summed E-state index contributed by atoms with van der Waals surface area (Å²) in [5.41, 5.74) is 20.6. The van der Waals surface area contributed by atoms with Crippen LogP contribution >= 0.6 is 15.9 Å². The van der Waals surface area contributed by atoms with Crippen LogP contribution in [-0.4, -0.2) is 33.3 Å². The number of carbonyl (C=O) groups excluding carboxylic acids is 2. The first-order valence-corrected chi connectivity index (χ1v) is 24.8. The fourth-order valence-electron chi connectivity index (χ4n) is 11.9. The molecule has 2 aliphatic heterocycles. The minimum absolute atomic E-state index is 0.143. The van der Waals surface area contributed by atoms with Gasteiger partial charge in [0.2, 0.25) is 0 Å². The zero-order chi connectivity index (χ0) is 49.2. The number of benzene rings is 7. The van der Waals surface area contributed by atoms with Crippen molar-refractivity contribution in [3.8, 4) is 0 Å². The van der Waals surface area contributed by atoms with Gasteiger partial charge in [-0.1, -0.05) is 125 Å². The maximum atomic E-state index is 15.6. The Labute approximate surface area is 417 Å². The average molecular weight is 974 g/mol. The predicted octanol–water partition coefficient (Wildman–Crippen LogP) is 14.9. The van der Waals surface area contributed by atoms with E-state index in [2.05, 4.69) is 148 Å². The third-order valence-corrected chi connectivity index (χ3v) is 15.1. The van der Waals surface area contributed by atoms with Gasteiger partial charge in [0.25, 0.3) is 11.8 Å². The summed E-state index contributed by atoms with van der Waals surface area (Å²) in [6.07, 6.45) is 0. The van der Waals surface area contributed by atoms with E-state index in [1.807, 2.05) is 88.7 Å². The van der Waals surface area contributed by atoms with Crippen LogP contribution in [0.4, 0.5) is 0 Å². The van der Waals surface area contributed by atoms with Gasteiger partial charge in [0, 0.05) is 26.7 Å². The fourth-order valence-corrected chi connectivity index (χ4v) is 12.5. The van der Waals surface area contributed by atoms with Gasteiger partial charge in [0.1, 0.15) is 23.8 Å². The molecule has 0 saturated heterocycles. The largest absolute Gasteiger partial charge is 0.282 e. The van der Waals surface area contributed by atoms with Crippen LogP contribution in [0.3, 0.4) is 0 Å². The Bertz CT molecular complexity index is 2970. The highest BCUT2D eigenvalue weighted by Gasteiger charge is 2.48. The second-order valence-electron chi connectivity index (χ2n) is 19.7. The number of carbonyl (C=O) groups is 2. The smallest absolute Gasteiger partial charge is 0.260 e. The van der Waals surface area contributed by atoms with Gasteiger partial charge in [-0.3, -0.25) is 29.4 Å². The molecular formula is C62H61BrN4O2. The van der Waals surface area contributed by atoms with E-state index in [9.17, 15) is 0 Å². The molecule has 0 radical (unpaired) electrons. The van der Waals surface area contributed by atoms with Crippen molar-refractivity contribution in [2.24, 2.45) is 9.98 Å². The number of aliphatic imine (C=N–C) groups is 2. The molecule has 9 rings (SSSR count). The first-order valence-electron chi connectivity index (χ1n) is 24.0. The number of nitrogens with zero attached hydrogens (tertiary/aromatic N) is 4. The first kappa shape index (κ1) is 47.4. The van der Waals surface area contributed by atoms with E-state index in [-0.39, 0.29) is 11.8 Å². The van der Waals surface area contributed by atoms with Crippen molar-refractivity contribution in [1.82, 2.24) is 9.80 Å². The normalized spacial score (nSPS) is 17.9. The van der Waals surface area contributed by atoms with Crippen molar-refractivity contribution >= 4 is 39.4 Å². The van der Waals surface area contributed by atoms with Gasteiger partial charge in [-0.15, -0.1) is 0 Å². The predicted molar refractivity (Wildman–Crippen MR) is 286 cm³/mol. The average Bonchev–Trinajstić information content (AvgIpc) is 3.84. The van der Waals surface area contributed by atoms with Gasteiger partial charge in [0.05, 0.1) is 12.1 Å². The lowest BCUT2D eigenvalue weighted by molar-refractivity contribution is 0.0796. The molecule has 2 amide bonds. The second kappa shape index (κ2) is 18.7. The number of hydrogen-bond acceptors (Lipinski definition) is 4. The lowest BCUT2D eigenvalue weighted by Crippen LogP contribution is -2.40. The molecule has 0 saturated carbocycles. The molecule has 0 aliphatic carbocycles. The van der Waals surface area contributed by atoms with Gasteiger partial charge < -0.3 is 0 Å². The minimum atomic E-state index is -0.474. The van der Waals surface area contributed by atoms with Crippen molar-refractivity contribution in [2.75, 3.05) is 0 Å². The topological polar surface area (TPSA) is 65.3 Å². The van der Waals surface area contributed by atoms with Crippen LogP contribution in [0.15, 0.2) is 142 Å². The molecule has 0 aromatic heterocycles. The van der Waals surface area contributed by atoms with Gasteiger partial charge in [-0.05, 0) is 190 Å². The first-order chi connectivity index (χ1) is 32.9. The Kier molecular flexibility index (Phi) is 12.8. The van der Waals surface area contributed by atoms with E-state index in [4.69, 9.17) is 9.98 Å².